The van der Waals surface area contributed by atoms with Crippen LogP contribution in [0.25, 0.3) is 11.0 Å². The molecule has 0 amide bonds. The molecule has 130 valence electrons. The lowest BCUT2D eigenvalue weighted by atomic mass is 9.97. The van der Waals surface area contributed by atoms with E-state index in [1.54, 1.807) is 12.4 Å². The van der Waals surface area contributed by atoms with Gasteiger partial charge in [0, 0.05) is 12.6 Å². The smallest absolute Gasteiger partial charge is 0.163 e. The third kappa shape index (κ3) is 4.57. The molecule has 2 atom stereocenters. The maximum Gasteiger partial charge on any atom is 0.163 e. The van der Waals surface area contributed by atoms with Crippen LogP contribution in [0.5, 0.6) is 0 Å². The number of rotatable bonds is 4. The van der Waals surface area contributed by atoms with Gasteiger partial charge < -0.3 is 15.0 Å². The molecule has 1 aromatic carbocycles. The Kier molecular flexibility index (Phi) is 8.24. The summed E-state index contributed by atoms with van der Waals surface area (Å²) in [5.41, 5.74) is 1.22. The fraction of sp³-hybridized carbons (Fsp3) is 0.533. The molecule has 3 rings (SSSR count). The van der Waals surface area contributed by atoms with Crippen molar-refractivity contribution in [3.63, 3.8) is 0 Å². The van der Waals surface area contributed by atoms with E-state index in [4.69, 9.17) is 0 Å². The molecule has 0 spiro atoms. The molecule has 2 N–H and O–H groups in total. The van der Waals surface area contributed by atoms with Gasteiger partial charge in [-0.15, -0.1) is 24.8 Å². The van der Waals surface area contributed by atoms with Crippen molar-refractivity contribution in [1.29, 1.82) is 0 Å². The SMILES string of the molecule is Cl.Cl.O[C@H]1CCCN[C@@H]1CCCn1cnc2ccc(Br)c(F)c21. The zero-order valence-electron chi connectivity index (χ0n) is 12.5. The molecule has 0 radical (unpaired) electrons. The van der Waals surface area contributed by atoms with E-state index in [-0.39, 0.29) is 42.8 Å². The third-order valence-electron chi connectivity index (χ3n) is 4.13. The summed E-state index contributed by atoms with van der Waals surface area (Å²) in [5.74, 6) is -0.263. The van der Waals surface area contributed by atoms with Crippen molar-refractivity contribution in [2.45, 2.75) is 44.4 Å². The van der Waals surface area contributed by atoms with E-state index >= 15 is 0 Å². The number of hydrogen-bond acceptors (Lipinski definition) is 3. The molecule has 2 heterocycles. The highest BCUT2D eigenvalue weighted by atomic mass is 79.9. The number of fused-ring (bicyclic) bond motifs is 1. The summed E-state index contributed by atoms with van der Waals surface area (Å²) in [7, 11) is 0. The van der Waals surface area contributed by atoms with E-state index < -0.39 is 0 Å². The zero-order chi connectivity index (χ0) is 14.8. The molecule has 8 heteroatoms. The van der Waals surface area contributed by atoms with Crippen LogP contribution in [-0.4, -0.2) is 33.3 Å². The molecule has 0 aliphatic carbocycles. The first kappa shape index (κ1) is 20.6. The quantitative estimate of drug-likeness (QED) is 0.780. The normalized spacial score (nSPS) is 20.8. The molecule has 2 aromatic rings. The Morgan fingerprint density at radius 3 is 2.91 bits per heavy atom. The first-order chi connectivity index (χ1) is 10.2. The lowest BCUT2D eigenvalue weighted by Gasteiger charge is -2.29. The Morgan fingerprint density at radius 1 is 1.39 bits per heavy atom. The average Bonchev–Trinajstić information content (AvgIpc) is 2.89. The van der Waals surface area contributed by atoms with Crippen LogP contribution in [0.4, 0.5) is 4.39 Å². The fourth-order valence-corrected chi connectivity index (χ4v) is 3.30. The Morgan fingerprint density at radius 2 is 2.17 bits per heavy atom. The Balaban J connectivity index is 0.00000132. The number of aromatic nitrogens is 2. The highest BCUT2D eigenvalue weighted by Gasteiger charge is 2.21. The molecular formula is C15H21BrCl2FN3O. The third-order valence-corrected chi connectivity index (χ3v) is 4.75. The van der Waals surface area contributed by atoms with Crippen LogP contribution in [0.2, 0.25) is 0 Å². The standard InChI is InChI=1S/C15H19BrFN3O.2ClH/c16-10-5-6-12-15(14(10)17)20(9-19-12)8-2-3-11-13(21)4-1-7-18-11;;/h5-6,9,11,13,18,21H,1-4,7-8H2;2*1H/t11-,13+;;/m1../s1. The average molecular weight is 429 g/mol. The van der Waals surface area contributed by atoms with Crippen LogP contribution >= 0.6 is 40.7 Å². The van der Waals surface area contributed by atoms with Gasteiger partial charge in [0.15, 0.2) is 5.82 Å². The van der Waals surface area contributed by atoms with Crippen molar-refractivity contribution in [1.82, 2.24) is 14.9 Å². The van der Waals surface area contributed by atoms with Crippen LogP contribution in [0.1, 0.15) is 25.7 Å². The molecule has 1 aliphatic rings. The fourth-order valence-electron chi connectivity index (χ4n) is 2.98. The van der Waals surface area contributed by atoms with Gasteiger partial charge in [0.05, 0.1) is 22.4 Å². The van der Waals surface area contributed by atoms with Gasteiger partial charge in [-0.2, -0.15) is 0 Å². The summed E-state index contributed by atoms with van der Waals surface area (Å²) in [6.07, 6.45) is 5.09. The molecule has 1 fully saturated rings. The maximum absolute atomic E-state index is 14.2. The van der Waals surface area contributed by atoms with Crippen LogP contribution < -0.4 is 5.32 Å². The lowest BCUT2D eigenvalue weighted by molar-refractivity contribution is 0.0909. The van der Waals surface area contributed by atoms with E-state index in [0.717, 1.165) is 32.2 Å². The number of aliphatic hydroxyl groups excluding tert-OH is 1. The second-order valence-electron chi connectivity index (χ2n) is 5.58. The van der Waals surface area contributed by atoms with E-state index in [9.17, 15) is 9.50 Å². The number of nitrogens with one attached hydrogen (secondary N) is 1. The van der Waals surface area contributed by atoms with Crippen LogP contribution in [-0.2, 0) is 6.54 Å². The van der Waals surface area contributed by atoms with Gasteiger partial charge in [0.2, 0.25) is 0 Å². The minimum atomic E-state index is -0.263. The van der Waals surface area contributed by atoms with Crippen LogP contribution in [0, 0.1) is 5.82 Å². The highest BCUT2D eigenvalue weighted by molar-refractivity contribution is 9.10. The number of piperidine rings is 1. The minimum absolute atomic E-state index is 0. The van der Waals surface area contributed by atoms with Gasteiger partial charge in [-0.05, 0) is 60.3 Å². The van der Waals surface area contributed by atoms with Crippen LogP contribution in [0.3, 0.4) is 0 Å². The number of hydrogen-bond donors (Lipinski definition) is 2. The van der Waals surface area contributed by atoms with Gasteiger partial charge in [0.1, 0.15) is 5.52 Å². The predicted molar refractivity (Wildman–Crippen MR) is 98.2 cm³/mol. The molecule has 1 saturated heterocycles. The van der Waals surface area contributed by atoms with Crippen molar-refractivity contribution < 1.29 is 9.50 Å². The maximum atomic E-state index is 14.2. The van der Waals surface area contributed by atoms with Crippen LogP contribution in [0.15, 0.2) is 22.9 Å². The number of aliphatic hydroxyl groups is 1. The second kappa shape index (κ2) is 9.18. The summed E-state index contributed by atoms with van der Waals surface area (Å²) in [5, 5.41) is 13.3. The molecule has 0 bridgehead atoms. The molecule has 1 aromatic heterocycles. The summed E-state index contributed by atoms with van der Waals surface area (Å²) in [6.45, 7) is 1.67. The highest BCUT2D eigenvalue weighted by Crippen LogP contribution is 2.24. The van der Waals surface area contributed by atoms with E-state index in [2.05, 4.69) is 26.2 Å². The summed E-state index contributed by atoms with van der Waals surface area (Å²) in [4.78, 5) is 4.24. The number of imidazole rings is 1. The Bertz CT molecular complexity index is 640. The van der Waals surface area contributed by atoms with Crippen molar-refractivity contribution in [2.75, 3.05) is 6.54 Å². The van der Waals surface area contributed by atoms with Crippen molar-refractivity contribution in [3.8, 4) is 0 Å². The van der Waals surface area contributed by atoms with Gasteiger partial charge in [-0.1, -0.05) is 0 Å². The van der Waals surface area contributed by atoms with Gasteiger partial charge in [-0.25, -0.2) is 9.37 Å². The first-order valence-corrected chi connectivity index (χ1v) is 8.16. The first-order valence-electron chi connectivity index (χ1n) is 7.37. The van der Waals surface area contributed by atoms with Gasteiger partial charge in [-0.3, -0.25) is 0 Å². The van der Waals surface area contributed by atoms with Crippen molar-refractivity contribution >= 4 is 51.8 Å². The summed E-state index contributed by atoms with van der Waals surface area (Å²) in [6, 6.07) is 3.65. The Labute approximate surface area is 155 Å². The van der Waals surface area contributed by atoms with E-state index in [1.807, 2.05) is 10.6 Å². The molecular weight excluding hydrogens is 408 g/mol. The van der Waals surface area contributed by atoms with Crippen molar-refractivity contribution in [3.05, 3.63) is 28.7 Å². The number of benzene rings is 1. The van der Waals surface area contributed by atoms with Gasteiger partial charge >= 0.3 is 0 Å². The second-order valence-corrected chi connectivity index (χ2v) is 6.43. The summed E-state index contributed by atoms with van der Waals surface area (Å²) >= 11 is 3.21. The number of halogens is 4. The van der Waals surface area contributed by atoms with E-state index in [1.165, 1.54) is 0 Å². The largest absolute Gasteiger partial charge is 0.392 e. The molecule has 23 heavy (non-hydrogen) atoms. The Hall–Kier alpha value is -0.400. The summed E-state index contributed by atoms with van der Waals surface area (Å²) < 4.78 is 16.5. The predicted octanol–water partition coefficient (Wildman–Crippen LogP) is 3.67. The van der Waals surface area contributed by atoms with Gasteiger partial charge in [0.25, 0.3) is 0 Å². The zero-order valence-corrected chi connectivity index (χ0v) is 15.8. The molecule has 0 unspecified atom stereocenters. The molecule has 0 saturated carbocycles. The monoisotopic (exact) mass is 427 g/mol. The lowest BCUT2D eigenvalue weighted by Crippen LogP contribution is -2.44. The number of aryl methyl sites for hydroxylation is 1. The number of nitrogens with zero attached hydrogens (tertiary/aromatic N) is 2. The van der Waals surface area contributed by atoms with E-state index in [0.29, 0.717) is 22.1 Å². The molecule has 1 aliphatic heterocycles. The minimum Gasteiger partial charge on any atom is -0.392 e. The molecule has 4 nitrogen and oxygen atoms in total. The van der Waals surface area contributed by atoms with Crippen molar-refractivity contribution in [2.24, 2.45) is 0 Å². The topological polar surface area (TPSA) is 50.1 Å².